The number of rotatable bonds is 9. The minimum absolute atomic E-state index is 0.514. The molecule has 1 saturated heterocycles. The molecule has 0 spiro atoms. The van der Waals surface area contributed by atoms with Crippen molar-refractivity contribution in [2.75, 3.05) is 22.9 Å². The first-order chi connectivity index (χ1) is 18.6. The van der Waals surface area contributed by atoms with Gasteiger partial charge in [-0.05, 0) is 45.9 Å². The zero-order valence-electron chi connectivity index (χ0n) is 25.3. The Bertz CT molecular complexity index is 1060. The second-order valence-electron chi connectivity index (χ2n) is 11.7. The van der Waals surface area contributed by atoms with Gasteiger partial charge in [-0.2, -0.15) is 6.67 Å². The van der Waals surface area contributed by atoms with Gasteiger partial charge in [0, 0.05) is 24.5 Å². The first-order valence-electron chi connectivity index (χ1n) is 14.6. The van der Waals surface area contributed by atoms with Gasteiger partial charge >= 0.3 is 70.4 Å². The molecule has 0 atom stereocenters. The topological polar surface area (TPSA) is 19.4 Å². The fourth-order valence-corrected chi connectivity index (χ4v) is 5.52. The van der Waals surface area contributed by atoms with Gasteiger partial charge < -0.3 is 9.80 Å². The van der Waals surface area contributed by atoms with Crippen LogP contribution in [0.5, 0.6) is 0 Å². The maximum absolute atomic E-state index is 4.19. The molecule has 1 aliphatic heterocycles. The van der Waals surface area contributed by atoms with E-state index in [-0.39, 0.29) is 0 Å². The molecule has 3 aromatic rings. The van der Waals surface area contributed by atoms with Crippen LogP contribution in [0.2, 0.25) is 0 Å². The van der Waals surface area contributed by atoms with E-state index in [1.807, 2.05) is 18.3 Å². The number of aryl methyl sites for hydroxylation is 1. The Morgan fingerprint density at radius 1 is 0.692 bits per heavy atom. The van der Waals surface area contributed by atoms with Gasteiger partial charge in [-0.3, -0.25) is 0 Å². The number of anilines is 2. The average molecular weight is 612 g/mol. The molecule has 0 radical (unpaired) electrons. The molecule has 0 bridgehead atoms. The van der Waals surface area contributed by atoms with Gasteiger partial charge in [-0.1, -0.05) is 91.8 Å². The van der Waals surface area contributed by atoms with Crippen LogP contribution in [0.4, 0.5) is 11.4 Å². The SMILES string of the molecule is CC(C)c1cccc(C(C)C)c1N1[CH-]N(c2c(C(C)C)cccc2C(C)C)CC1.[Ru+]=[CH]CCc1ccccn1. The molecule has 2 heterocycles. The first kappa shape index (κ1) is 31.2. The monoisotopic (exact) mass is 612 g/mol. The molecule has 0 amide bonds. The number of benzene rings is 2. The molecular formula is C35H48N3Ru. The van der Waals surface area contributed by atoms with Crippen LogP contribution in [0.15, 0.2) is 60.8 Å². The molecular weight excluding hydrogens is 563 g/mol. The van der Waals surface area contributed by atoms with Gasteiger partial charge in [0.2, 0.25) is 0 Å². The summed E-state index contributed by atoms with van der Waals surface area (Å²) in [5.41, 5.74) is 9.84. The van der Waals surface area contributed by atoms with Crippen LogP contribution < -0.4 is 9.80 Å². The van der Waals surface area contributed by atoms with Gasteiger partial charge in [-0.15, -0.1) is 0 Å². The quantitative estimate of drug-likeness (QED) is 0.178. The van der Waals surface area contributed by atoms with Gasteiger partial charge in [0.1, 0.15) is 0 Å². The van der Waals surface area contributed by atoms with Crippen molar-refractivity contribution in [3.8, 4) is 0 Å². The standard InChI is InChI=1S/C27H39N2.C8H9N.Ru/c1-18(2)22-11-9-12-23(19(3)4)26(22)28-15-16-29(17-28)27-24(20(5)6)13-10-14-25(27)21(7)8;1-2-5-8-6-3-4-7-9-8;/h9-14,17-21H,15-16H2,1-8H3;1,3-4,6-7H,2,5H2;/q-1;;+1. The van der Waals surface area contributed by atoms with Crippen molar-refractivity contribution in [1.82, 2.24) is 4.98 Å². The number of pyridine rings is 1. The summed E-state index contributed by atoms with van der Waals surface area (Å²) in [5.74, 6) is 2.06. The van der Waals surface area contributed by atoms with Crippen molar-refractivity contribution in [1.29, 1.82) is 0 Å². The van der Waals surface area contributed by atoms with E-state index < -0.39 is 0 Å². The summed E-state index contributed by atoms with van der Waals surface area (Å²) in [6.45, 7) is 22.9. The summed E-state index contributed by atoms with van der Waals surface area (Å²) in [6, 6.07) is 19.7. The predicted molar refractivity (Wildman–Crippen MR) is 167 cm³/mol. The molecule has 4 rings (SSSR count). The van der Waals surface area contributed by atoms with Gasteiger partial charge in [0.15, 0.2) is 0 Å². The van der Waals surface area contributed by atoms with Crippen molar-refractivity contribution >= 4 is 16.0 Å². The molecule has 211 valence electrons. The van der Waals surface area contributed by atoms with Gasteiger partial charge in [0.05, 0.1) is 0 Å². The summed E-state index contributed by atoms with van der Waals surface area (Å²) < 4.78 is 2.09. The van der Waals surface area contributed by atoms with Crippen LogP contribution in [0.3, 0.4) is 0 Å². The number of aromatic nitrogens is 1. The third kappa shape index (κ3) is 8.10. The van der Waals surface area contributed by atoms with E-state index in [0.717, 1.165) is 25.9 Å². The van der Waals surface area contributed by atoms with Crippen LogP contribution in [-0.2, 0) is 24.3 Å². The molecule has 0 aliphatic carbocycles. The van der Waals surface area contributed by atoms with Crippen molar-refractivity contribution < 1.29 is 17.9 Å². The fraction of sp³-hybridized carbons (Fsp3) is 0.457. The van der Waals surface area contributed by atoms with Crippen LogP contribution in [0.1, 0.15) is 113 Å². The van der Waals surface area contributed by atoms with Crippen LogP contribution in [0.25, 0.3) is 0 Å². The van der Waals surface area contributed by atoms with E-state index >= 15 is 0 Å². The van der Waals surface area contributed by atoms with E-state index in [4.69, 9.17) is 0 Å². The Balaban J connectivity index is 0.000000353. The van der Waals surface area contributed by atoms with Gasteiger partial charge in [0.25, 0.3) is 0 Å². The minimum atomic E-state index is 0.514. The Kier molecular flexibility index (Phi) is 11.9. The molecule has 1 fully saturated rings. The third-order valence-corrected chi connectivity index (χ3v) is 7.85. The first-order valence-corrected chi connectivity index (χ1v) is 15.6. The third-order valence-electron chi connectivity index (χ3n) is 7.35. The van der Waals surface area contributed by atoms with Crippen LogP contribution >= 0.6 is 0 Å². The molecule has 0 N–H and O–H groups in total. The van der Waals surface area contributed by atoms with E-state index in [1.54, 1.807) is 0 Å². The van der Waals surface area contributed by atoms with E-state index in [0.29, 0.717) is 23.7 Å². The average Bonchev–Trinajstić information content (AvgIpc) is 3.41. The molecule has 2 aromatic carbocycles. The van der Waals surface area contributed by atoms with Crippen molar-refractivity contribution in [2.24, 2.45) is 0 Å². The summed E-state index contributed by atoms with van der Waals surface area (Å²) in [6.07, 6.45) is 3.97. The number of nitrogens with zero attached hydrogens (tertiary/aromatic N) is 3. The molecule has 1 aromatic heterocycles. The maximum atomic E-state index is 4.19. The Hall–Kier alpha value is -2.32. The number of hydrogen-bond acceptors (Lipinski definition) is 3. The fourth-order valence-electron chi connectivity index (χ4n) is 5.27. The van der Waals surface area contributed by atoms with Crippen LogP contribution in [-0.4, -0.2) is 22.7 Å². The van der Waals surface area contributed by atoms with Crippen molar-refractivity contribution in [3.05, 3.63) is 95.4 Å². The summed E-state index contributed by atoms with van der Waals surface area (Å²) in [5, 5.41) is 0. The summed E-state index contributed by atoms with van der Waals surface area (Å²) in [4.78, 5) is 9.20. The van der Waals surface area contributed by atoms with E-state index in [1.165, 1.54) is 39.3 Å². The summed E-state index contributed by atoms with van der Waals surface area (Å²) in [7, 11) is 0. The molecule has 0 saturated carbocycles. The summed E-state index contributed by atoms with van der Waals surface area (Å²) >= 11 is 2.51. The molecule has 0 unspecified atom stereocenters. The number of hydrogen-bond donors (Lipinski definition) is 0. The van der Waals surface area contributed by atoms with E-state index in [9.17, 15) is 0 Å². The zero-order chi connectivity index (χ0) is 28.5. The van der Waals surface area contributed by atoms with Gasteiger partial charge in [-0.25, -0.2) is 0 Å². The second-order valence-corrected chi connectivity index (χ2v) is 12.4. The van der Waals surface area contributed by atoms with Crippen molar-refractivity contribution in [3.63, 3.8) is 0 Å². The molecule has 39 heavy (non-hydrogen) atoms. The molecule has 1 aliphatic rings. The second kappa shape index (κ2) is 14.9. The van der Waals surface area contributed by atoms with E-state index in [2.05, 4.69) is 142 Å². The number of para-hydroxylation sites is 2. The Morgan fingerprint density at radius 3 is 1.46 bits per heavy atom. The zero-order valence-corrected chi connectivity index (χ0v) is 27.0. The van der Waals surface area contributed by atoms with Crippen LogP contribution in [0, 0.1) is 6.67 Å². The predicted octanol–water partition coefficient (Wildman–Crippen LogP) is 8.99. The normalized spacial score (nSPS) is 13.4. The Morgan fingerprint density at radius 2 is 1.13 bits per heavy atom. The van der Waals surface area contributed by atoms with Crippen molar-refractivity contribution in [2.45, 2.75) is 91.9 Å². The molecule has 3 nitrogen and oxygen atoms in total. The Labute approximate surface area is 248 Å². The molecule has 4 heteroatoms.